The second kappa shape index (κ2) is 5.45. The molecular formula is C11H11BrN4OS. The van der Waals surface area contributed by atoms with Crippen LogP contribution in [0.4, 0.5) is 5.95 Å². The number of H-pyrrole nitrogens is 1. The van der Waals surface area contributed by atoms with Crippen LogP contribution in [-0.4, -0.2) is 15.7 Å². The van der Waals surface area contributed by atoms with E-state index >= 15 is 0 Å². The van der Waals surface area contributed by atoms with Crippen LogP contribution in [0, 0.1) is 6.92 Å². The van der Waals surface area contributed by atoms with Crippen molar-refractivity contribution in [3.05, 3.63) is 42.9 Å². The minimum Gasteiger partial charge on any atom is -0.291 e. The van der Waals surface area contributed by atoms with E-state index < -0.39 is 0 Å². The number of hydrazone groups is 1. The Kier molecular flexibility index (Phi) is 3.93. The molecule has 0 bridgehead atoms. The molecule has 7 heteroatoms. The van der Waals surface area contributed by atoms with Crippen molar-refractivity contribution in [1.29, 1.82) is 0 Å². The van der Waals surface area contributed by atoms with Crippen LogP contribution in [0.3, 0.4) is 0 Å². The molecule has 2 N–H and O–H groups in total. The van der Waals surface area contributed by atoms with Gasteiger partial charge in [-0.25, -0.2) is 10.4 Å². The molecule has 2 aromatic rings. The largest absolute Gasteiger partial charge is 0.291 e. The van der Waals surface area contributed by atoms with E-state index in [-0.39, 0.29) is 5.56 Å². The summed E-state index contributed by atoms with van der Waals surface area (Å²) in [4.78, 5) is 19.0. The smallest absolute Gasteiger partial charge is 0.252 e. The highest BCUT2D eigenvalue weighted by molar-refractivity contribution is 9.11. The van der Waals surface area contributed by atoms with Gasteiger partial charge in [0.1, 0.15) is 0 Å². The molecular weight excluding hydrogens is 316 g/mol. The maximum absolute atomic E-state index is 11.2. The quantitative estimate of drug-likeness (QED) is 0.673. The molecule has 0 saturated heterocycles. The number of aryl methyl sites for hydroxylation is 1. The second-order valence-corrected chi connectivity index (χ2v) is 6.11. The van der Waals surface area contributed by atoms with Crippen LogP contribution in [0.5, 0.6) is 0 Å². The lowest BCUT2D eigenvalue weighted by Gasteiger charge is -2.01. The topological polar surface area (TPSA) is 70.1 Å². The molecule has 0 radical (unpaired) electrons. The first kappa shape index (κ1) is 13.0. The number of anilines is 1. The van der Waals surface area contributed by atoms with E-state index in [1.54, 1.807) is 18.3 Å². The Labute approximate surface area is 116 Å². The fourth-order valence-electron chi connectivity index (χ4n) is 1.33. The lowest BCUT2D eigenvalue weighted by molar-refractivity contribution is 1.04. The highest BCUT2D eigenvalue weighted by Gasteiger charge is 2.02. The van der Waals surface area contributed by atoms with Gasteiger partial charge >= 0.3 is 0 Å². The summed E-state index contributed by atoms with van der Waals surface area (Å²) < 4.78 is 1.05. The van der Waals surface area contributed by atoms with E-state index in [4.69, 9.17) is 0 Å². The number of hydrogen-bond donors (Lipinski definition) is 2. The van der Waals surface area contributed by atoms with E-state index in [9.17, 15) is 4.79 Å². The summed E-state index contributed by atoms with van der Waals surface area (Å²) in [6.45, 7) is 3.65. The van der Waals surface area contributed by atoms with E-state index in [0.717, 1.165) is 14.4 Å². The standard InChI is InChI=1S/C11H11BrN4OS/c1-6-5-10(17)14-11(13-6)16-15-7(2)8-3-4-9(12)18-8/h3-5H,1-2H3,(H2,13,14,16,17)/b15-7+. The summed E-state index contributed by atoms with van der Waals surface area (Å²) in [5, 5.41) is 4.18. The van der Waals surface area contributed by atoms with Crippen molar-refractivity contribution < 1.29 is 0 Å². The summed E-state index contributed by atoms with van der Waals surface area (Å²) in [6, 6.07) is 5.37. The third-order valence-corrected chi connectivity index (χ3v) is 3.86. The van der Waals surface area contributed by atoms with Gasteiger partial charge in [-0.05, 0) is 41.9 Å². The van der Waals surface area contributed by atoms with Gasteiger partial charge in [-0.2, -0.15) is 5.10 Å². The molecule has 0 saturated carbocycles. The SMILES string of the molecule is C/C(=N\Nc1nc(C)cc(=O)[nH]1)c1ccc(Br)s1. The third kappa shape index (κ3) is 3.27. The average Bonchev–Trinajstić information content (AvgIpc) is 2.71. The molecule has 0 atom stereocenters. The molecule has 5 nitrogen and oxygen atoms in total. The van der Waals surface area contributed by atoms with Gasteiger partial charge in [-0.15, -0.1) is 11.3 Å². The van der Waals surface area contributed by atoms with Gasteiger partial charge in [-0.3, -0.25) is 9.78 Å². The second-order valence-electron chi connectivity index (χ2n) is 3.65. The van der Waals surface area contributed by atoms with Gasteiger partial charge in [0.05, 0.1) is 14.4 Å². The van der Waals surface area contributed by atoms with Crippen molar-refractivity contribution in [2.45, 2.75) is 13.8 Å². The molecule has 0 aliphatic rings. The highest BCUT2D eigenvalue weighted by Crippen LogP contribution is 2.22. The Hall–Kier alpha value is -1.47. The van der Waals surface area contributed by atoms with Crippen LogP contribution in [0.1, 0.15) is 17.5 Å². The van der Waals surface area contributed by atoms with Crippen molar-refractivity contribution in [3.63, 3.8) is 0 Å². The molecule has 2 rings (SSSR count). The number of nitrogens with zero attached hydrogens (tertiary/aromatic N) is 2. The summed E-state index contributed by atoms with van der Waals surface area (Å²) in [5.41, 5.74) is 4.02. The first-order valence-electron chi connectivity index (χ1n) is 5.18. The summed E-state index contributed by atoms with van der Waals surface area (Å²) >= 11 is 4.99. The normalized spacial score (nSPS) is 11.6. The van der Waals surface area contributed by atoms with Crippen LogP contribution < -0.4 is 11.0 Å². The van der Waals surface area contributed by atoms with Gasteiger partial charge in [-0.1, -0.05) is 0 Å². The molecule has 0 aromatic carbocycles. The van der Waals surface area contributed by atoms with E-state index in [1.165, 1.54) is 6.07 Å². The van der Waals surface area contributed by atoms with Gasteiger partial charge in [0.2, 0.25) is 5.95 Å². The number of hydrogen-bond acceptors (Lipinski definition) is 5. The Morgan fingerprint density at radius 2 is 2.33 bits per heavy atom. The molecule has 0 aliphatic heterocycles. The number of nitrogens with one attached hydrogen (secondary N) is 2. The molecule has 0 amide bonds. The van der Waals surface area contributed by atoms with Crippen LogP contribution in [0.2, 0.25) is 0 Å². The van der Waals surface area contributed by atoms with E-state index in [1.807, 2.05) is 19.1 Å². The van der Waals surface area contributed by atoms with Crippen molar-refractivity contribution in [3.8, 4) is 0 Å². The predicted molar refractivity (Wildman–Crippen MR) is 77.4 cm³/mol. The van der Waals surface area contributed by atoms with Crippen LogP contribution in [-0.2, 0) is 0 Å². The number of thiophene rings is 1. The summed E-state index contributed by atoms with van der Waals surface area (Å²) in [7, 11) is 0. The van der Waals surface area contributed by atoms with Crippen molar-refractivity contribution in [2.24, 2.45) is 5.10 Å². The van der Waals surface area contributed by atoms with Crippen molar-refractivity contribution in [1.82, 2.24) is 9.97 Å². The van der Waals surface area contributed by atoms with Crippen molar-refractivity contribution in [2.75, 3.05) is 5.43 Å². The monoisotopic (exact) mass is 326 g/mol. The van der Waals surface area contributed by atoms with E-state index in [0.29, 0.717) is 11.6 Å². The first-order chi connectivity index (χ1) is 8.54. The number of halogens is 1. The highest BCUT2D eigenvalue weighted by atomic mass is 79.9. The van der Waals surface area contributed by atoms with Crippen LogP contribution in [0.15, 0.2) is 31.9 Å². The maximum atomic E-state index is 11.2. The minimum absolute atomic E-state index is 0.197. The van der Waals surface area contributed by atoms with Crippen LogP contribution in [0.25, 0.3) is 0 Å². The fourth-order valence-corrected chi connectivity index (χ4v) is 2.66. The Bertz CT molecular complexity index is 646. The number of rotatable bonds is 3. The molecule has 2 heterocycles. The lowest BCUT2D eigenvalue weighted by Crippen LogP contribution is -2.11. The van der Waals surface area contributed by atoms with Crippen molar-refractivity contribution >= 4 is 38.9 Å². The molecule has 0 unspecified atom stereocenters. The first-order valence-corrected chi connectivity index (χ1v) is 6.79. The average molecular weight is 327 g/mol. The van der Waals surface area contributed by atoms with Crippen LogP contribution >= 0.6 is 27.3 Å². The summed E-state index contributed by atoms with van der Waals surface area (Å²) in [6.07, 6.45) is 0. The molecule has 0 fully saturated rings. The fraction of sp³-hybridized carbons (Fsp3) is 0.182. The molecule has 18 heavy (non-hydrogen) atoms. The van der Waals surface area contributed by atoms with E-state index in [2.05, 4.69) is 36.4 Å². The van der Waals surface area contributed by atoms with Gasteiger partial charge in [0, 0.05) is 11.8 Å². The Morgan fingerprint density at radius 3 is 2.94 bits per heavy atom. The third-order valence-electron chi connectivity index (χ3n) is 2.13. The minimum atomic E-state index is -0.197. The number of aromatic nitrogens is 2. The molecule has 0 spiro atoms. The zero-order chi connectivity index (χ0) is 13.1. The molecule has 2 aromatic heterocycles. The Morgan fingerprint density at radius 1 is 1.56 bits per heavy atom. The maximum Gasteiger partial charge on any atom is 0.252 e. The van der Waals surface area contributed by atoms with Gasteiger partial charge < -0.3 is 0 Å². The zero-order valence-corrected chi connectivity index (χ0v) is 12.2. The van der Waals surface area contributed by atoms with Gasteiger partial charge in [0.25, 0.3) is 5.56 Å². The molecule has 94 valence electrons. The number of aromatic amines is 1. The summed E-state index contributed by atoms with van der Waals surface area (Å²) in [5.74, 6) is 0.343. The predicted octanol–water partition coefficient (Wildman–Crippen LogP) is 2.74. The zero-order valence-electron chi connectivity index (χ0n) is 9.82. The molecule has 0 aliphatic carbocycles. The lowest BCUT2D eigenvalue weighted by atomic mass is 10.3. The van der Waals surface area contributed by atoms with Gasteiger partial charge in [0.15, 0.2) is 0 Å². The Balaban J connectivity index is 2.17.